The lowest BCUT2D eigenvalue weighted by atomic mass is 10.1. The lowest BCUT2D eigenvalue weighted by Gasteiger charge is -2.14. The number of nitro groups is 1. The van der Waals surface area contributed by atoms with Crippen molar-refractivity contribution in [1.82, 2.24) is 0 Å². The van der Waals surface area contributed by atoms with Gasteiger partial charge in [-0.25, -0.2) is 0 Å². The van der Waals surface area contributed by atoms with E-state index < -0.39 is 22.6 Å². The fourth-order valence-corrected chi connectivity index (χ4v) is 3.68. The number of nitrogens with one attached hydrogen (secondary N) is 1. The predicted molar refractivity (Wildman–Crippen MR) is 136 cm³/mol. The summed E-state index contributed by atoms with van der Waals surface area (Å²) >= 11 is 3.36. The summed E-state index contributed by atoms with van der Waals surface area (Å²) in [6, 6.07) is 14.8. The first-order valence-electron chi connectivity index (χ1n) is 10.9. The van der Waals surface area contributed by atoms with E-state index in [1.165, 1.54) is 36.4 Å². The molecule has 0 fully saturated rings. The maximum absolute atomic E-state index is 13.0. The van der Waals surface area contributed by atoms with Gasteiger partial charge in [0.25, 0.3) is 11.6 Å². The van der Waals surface area contributed by atoms with Gasteiger partial charge in [0.15, 0.2) is 11.5 Å². The number of amides is 1. The van der Waals surface area contributed by atoms with Crippen molar-refractivity contribution in [2.24, 2.45) is 0 Å². The number of ether oxygens (including phenoxy) is 2. The molecule has 1 amide bonds. The van der Waals surface area contributed by atoms with Gasteiger partial charge in [0.05, 0.1) is 17.1 Å². The van der Waals surface area contributed by atoms with E-state index in [1.807, 2.05) is 0 Å². The molecule has 3 aromatic carbocycles. The first-order valence-corrected chi connectivity index (χ1v) is 11.7. The van der Waals surface area contributed by atoms with Gasteiger partial charge in [-0.1, -0.05) is 34.1 Å². The number of non-ortho nitro benzene ring substituents is 1. The smallest absolute Gasteiger partial charge is 0.416 e. The summed E-state index contributed by atoms with van der Waals surface area (Å²) in [5.74, 6) is -0.319. The quantitative estimate of drug-likeness (QED) is 0.126. The minimum absolute atomic E-state index is 0.00617. The molecule has 0 saturated carbocycles. The lowest BCUT2D eigenvalue weighted by molar-refractivity contribution is -0.384. The molecular weight excluding hydrogens is 571 g/mol. The van der Waals surface area contributed by atoms with Gasteiger partial charge in [0.1, 0.15) is 18.2 Å². The summed E-state index contributed by atoms with van der Waals surface area (Å²) in [6.07, 6.45) is -3.34. The van der Waals surface area contributed by atoms with Crippen LogP contribution in [-0.4, -0.2) is 17.4 Å². The number of halogens is 4. The molecule has 8 nitrogen and oxygen atoms in total. The van der Waals surface area contributed by atoms with Crippen molar-refractivity contribution in [1.29, 1.82) is 5.26 Å². The Kier molecular flexibility index (Phi) is 9.09. The molecule has 0 unspecified atom stereocenters. The summed E-state index contributed by atoms with van der Waals surface area (Å²) in [5, 5.41) is 22.8. The minimum Gasteiger partial charge on any atom is -0.490 e. The molecule has 1 N–H and O–H groups in total. The first kappa shape index (κ1) is 28.2. The number of rotatable bonds is 9. The van der Waals surface area contributed by atoms with Crippen LogP contribution in [0.1, 0.15) is 23.6 Å². The number of hydrogen-bond acceptors (Lipinski definition) is 6. The zero-order chi connectivity index (χ0) is 27.9. The van der Waals surface area contributed by atoms with Gasteiger partial charge in [0.2, 0.25) is 0 Å². The van der Waals surface area contributed by atoms with E-state index in [4.69, 9.17) is 9.47 Å². The van der Waals surface area contributed by atoms with Gasteiger partial charge in [-0.3, -0.25) is 14.9 Å². The highest BCUT2D eigenvalue weighted by Gasteiger charge is 2.30. The van der Waals surface area contributed by atoms with E-state index >= 15 is 0 Å². The van der Waals surface area contributed by atoms with Crippen LogP contribution in [0.25, 0.3) is 6.08 Å². The summed E-state index contributed by atoms with van der Waals surface area (Å²) in [4.78, 5) is 23.1. The maximum Gasteiger partial charge on any atom is 0.416 e. The van der Waals surface area contributed by atoms with Crippen LogP contribution >= 0.6 is 15.9 Å². The summed E-state index contributed by atoms with van der Waals surface area (Å²) in [7, 11) is 0. The fourth-order valence-electron chi connectivity index (χ4n) is 3.24. The SMILES string of the molecule is CCOc1cc(/C=C(/C#N)C(=O)Nc2cccc(C(F)(F)F)c2)c(Br)cc1OCc1cccc([N+](=O)[O-])c1. The Bertz CT molecular complexity index is 1430. The number of carbonyl (C=O) groups is 1. The zero-order valence-corrected chi connectivity index (χ0v) is 21.3. The molecule has 12 heteroatoms. The van der Waals surface area contributed by atoms with Crippen molar-refractivity contribution in [3.63, 3.8) is 0 Å². The van der Waals surface area contributed by atoms with Crippen LogP contribution in [0.15, 0.2) is 70.7 Å². The normalized spacial score (nSPS) is 11.4. The van der Waals surface area contributed by atoms with E-state index in [9.17, 15) is 33.3 Å². The van der Waals surface area contributed by atoms with Crippen molar-refractivity contribution >= 4 is 39.3 Å². The number of anilines is 1. The van der Waals surface area contributed by atoms with Crippen molar-refractivity contribution in [2.45, 2.75) is 19.7 Å². The average molecular weight is 590 g/mol. The number of nitrogens with zero attached hydrogens (tertiary/aromatic N) is 2. The predicted octanol–water partition coefficient (Wildman–Crippen LogP) is 6.90. The van der Waals surface area contributed by atoms with Crippen LogP contribution in [-0.2, 0) is 17.6 Å². The molecule has 0 aliphatic rings. The monoisotopic (exact) mass is 589 g/mol. The van der Waals surface area contributed by atoms with Crippen LogP contribution in [0.3, 0.4) is 0 Å². The molecule has 38 heavy (non-hydrogen) atoms. The molecule has 0 radical (unpaired) electrons. The van der Waals surface area contributed by atoms with Crippen molar-refractivity contribution < 1.29 is 32.4 Å². The molecule has 0 spiro atoms. The van der Waals surface area contributed by atoms with Crippen molar-refractivity contribution in [3.05, 3.63) is 97.5 Å². The average Bonchev–Trinajstić information content (AvgIpc) is 2.87. The molecule has 0 heterocycles. The van der Waals surface area contributed by atoms with E-state index in [-0.39, 0.29) is 35.9 Å². The minimum atomic E-state index is -4.59. The van der Waals surface area contributed by atoms with Crippen LogP contribution < -0.4 is 14.8 Å². The van der Waals surface area contributed by atoms with Crippen molar-refractivity contribution in [3.8, 4) is 17.6 Å². The third-order valence-electron chi connectivity index (χ3n) is 4.99. The van der Waals surface area contributed by atoms with Gasteiger partial charge < -0.3 is 14.8 Å². The Morgan fingerprint density at radius 2 is 1.84 bits per heavy atom. The Hall–Kier alpha value is -4.37. The van der Waals surface area contributed by atoms with Crippen LogP contribution in [0, 0.1) is 21.4 Å². The van der Waals surface area contributed by atoms with E-state index in [0.717, 1.165) is 18.2 Å². The summed E-state index contributed by atoms with van der Waals surface area (Å²) in [5.41, 5.74) is -0.583. The Morgan fingerprint density at radius 1 is 1.13 bits per heavy atom. The molecule has 0 aliphatic heterocycles. The molecule has 0 saturated heterocycles. The number of nitriles is 1. The van der Waals surface area contributed by atoms with Crippen molar-refractivity contribution in [2.75, 3.05) is 11.9 Å². The second-order valence-electron chi connectivity index (χ2n) is 7.67. The molecule has 0 atom stereocenters. The number of carbonyl (C=O) groups excluding carboxylic acids is 1. The lowest BCUT2D eigenvalue weighted by Crippen LogP contribution is -2.14. The van der Waals surface area contributed by atoms with Crippen LogP contribution in [0.4, 0.5) is 24.5 Å². The summed E-state index contributed by atoms with van der Waals surface area (Å²) in [6.45, 7) is 2.01. The van der Waals surface area contributed by atoms with E-state index in [2.05, 4.69) is 21.2 Å². The first-order chi connectivity index (χ1) is 18.0. The topological polar surface area (TPSA) is 114 Å². The maximum atomic E-state index is 13.0. The molecule has 196 valence electrons. The number of benzene rings is 3. The Morgan fingerprint density at radius 3 is 2.50 bits per heavy atom. The number of alkyl halides is 3. The fraction of sp³-hybridized carbons (Fsp3) is 0.154. The highest BCUT2D eigenvalue weighted by Crippen LogP contribution is 2.36. The largest absolute Gasteiger partial charge is 0.490 e. The third kappa shape index (κ3) is 7.33. The molecular formula is C26H19BrF3N3O5. The Labute approximate surface area is 223 Å². The molecule has 0 aliphatic carbocycles. The van der Waals surface area contributed by atoms with Gasteiger partial charge in [-0.15, -0.1) is 0 Å². The second kappa shape index (κ2) is 12.2. The highest BCUT2D eigenvalue weighted by molar-refractivity contribution is 9.10. The van der Waals surface area contributed by atoms with E-state index in [1.54, 1.807) is 25.1 Å². The van der Waals surface area contributed by atoms with Gasteiger partial charge in [0, 0.05) is 22.3 Å². The van der Waals surface area contributed by atoms with Crippen LogP contribution in [0.5, 0.6) is 11.5 Å². The van der Waals surface area contributed by atoms with Crippen LogP contribution in [0.2, 0.25) is 0 Å². The number of hydrogen-bond donors (Lipinski definition) is 1. The highest BCUT2D eigenvalue weighted by atomic mass is 79.9. The third-order valence-corrected chi connectivity index (χ3v) is 5.68. The zero-order valence-electron chi connectivity index (χ0n) is 19.7. The molecule has 3 rings (SSSR count). The number of nitro benzene ring substituents is 1. The van der Waals surface area contributed by atoms with Gasteiger partial charge in [-0.2, -0.15) is 18.4 Å². The Balaban J connectivity index is 1.85. The van der Waals surface area contributed by atoms with Gasteiger partial charge >= 0.3 is 6.18 Å². The summed E-state index contributed by atoms with van der Waals surface area (Å²) < 4.78 is 50.8. The molecule has 3 aromatic rings. The molecule has 0 bridgehead atoms. The molecule has 0 aromatic heterocycles. The second-order valence-corrected chi connectivity index (χ2v) is 8.53. The standard InChI is InChI=1S/C26H19BrF3N3O5/c1-2-37-23-11-17(22(27)13-24(23)38-15-16-5-3-8-21(9-16)33(35)36)10-18(14-31)25(34)32-20-7-4-6-19(12-20)26(28,29)30/h3-13H,2,15H2,1H3,(H,32,34)/b18-10-. The van der Waals surface area contributed by atoms with Gasteiger partial charge in [-0.05, 0) is 54.5 Å². The van der Waals surface area contributed by atoms with E-state index in [0.29, 0.717) is 21.3 Å².